The molecule has 0 spiro atoms. The number of likely N-dealkylation sites (N-methyl/N-ethyl adjacent to an activating group) is 1. The van der Waals surface area contributed by atoms with Crippen LogP contribution in [0.1, 0.15) is 25.0 Å². The Bertz CT molecular complexity index is 949. The molecule has 7 nitrogen and oxygen atoms in total. The highest BCUT2D eigenvalue weighted by molar-refractivity contribution is 6.42. The Kier molecular flexibility index (Phi) is 5.57. The lowest BCUT2D eigenvalue weighted by Crippen LogP contribution is -2.40. The first kappa shape index (κ1) is 19.2. The summed E-state index contributed by atoms with van der Waals surface area (Å²) in [7, 11) is 2.18. The number of halogens is 2. The van der Waals surface area contributed by atoms with Gasteiger partial charge in [0.25, 0.3) is 0 Å². The van der Waals surface area contributed by atoms with Crippen molar-refractivity contribution in [3.05, 3.63) is 33.9 Å². The number of nitrogens with zero attached hydrogens (tertiary/aromatic N) is 4. The Hall–Kier alpha value is -2.09. The summed E-state index contributed by atoms with van der Waals surface area (Å²) in [4.78, 5) is 19.1. The fraction of sp³-hybridized carbons (Fsp3) is 0.421. The first-order valence-corrected chi connectivity index (χ1v) is 10.1. The summed E-state index contributed by atoms with van der Waals surface area (Å²) in [6.45, 7) is 3.97. The highest BCUT2D eigenvalue weighted by atomic mass is 35.5. The molecule has 2 aromatic heterocycles. The summed E-state index contributed by atoms with van der Waals surface area (Å²) in [5.74, 6) is 1.82. The van der Waals surface area contributed by atoms with E-state index in [-0.39, 0.29) is 0 Å². The van der Waals surface area contributed by atoms with Crippen molar-refractivity contribution < 1.29 is 0 Å². The highest BCUT2D eigenvalue weighted by Gasteiger charge is 2.18. The molecule has 0 saturated carbocycles. The van der Waals surface area contributed by atoms with Gasteiger partial charge in [0.2, 0.25) is 11.9 Å². The van der Waals surface area contributed by atoms with Crippen LogP contribution in [0, 0.1) is 6.92 Å². The molecule has 1 atom stereocenters. The quantitative estimate of drug-likeness (QED) is 0.560. The Morgan fingerprint density at radius 3 is 2.79 bits per heavy atom. The van der Waals surface area contributed by atoms with E-state index < -0.39 is 0 Å². The van der Waals surface area contributed by atoms with Crippen LogP contribution in [-0.4, -0.2) is 51.0 Å². The number of hydrogen-bond donors (Lipinski definition) is 3. The molecule has 0 amide bonds. The number of fused-ring (bicyclic) bond motifs is 1. The normalized spacial score (nSPS) is 17.8. The third-order valence-corrected chi connectivity index (χ3v) is 5.77. The van der Waals surface area contributed by atoms with Crippen molar-refractivity contribution >= 4 is 51.9 Å². The molecule has 0 bridgehead atoms. The van der Waals surface area contributed by atoms with E-state index in [4.69, 9.17) is 23.2 Å². The first-order chi connectivity index (χ1) is 13.5. The predicted molar refractivity (Wildman–Crippen MR) is 115 cm³/mol. The molecule has 1 fully saturated rings. The third-order valence-electron chi connectivity index (χ3n) is 5.05. The Morgan fingerprint density at radius 1 is 1.14 bits per heavy atom. The molecule has 3 heterocycles. The van der Waals surface area contributed by atoms with E-state index in [1.807, 2.05) is 13.0 Å². The molecular formula is C19H23Cl2N7. The van der Waals surface area contributed by atoms with E-state index in [2.05, 4.69) is 42.5 Å². The van der Waals surface area contributed by atoms with E-state index in [9.17, 15) is 0 Å². The zero-order valence-corrected chi connectivity index (χ0v) is 17.4. The van der Waals surface area contributed by atoms with Gasteiger partial charge in [-0.05, 0) is 45.5 Å². The fourth-order valence-corrected chi connectivity index (χ4v) is 3.83. The summed E-state index contributed by atoms with van der Waals surface area (Å²) in [6.07, 6.45) is 3.77. The number of aromatic nitrogens is 4. The van der Waals surface area contributed by atoms with Gasteiger partial charge < -0.3 is 15.2 Å². The van der Waals surface area contributed by atoms with E-state index in [1.54, 1.807) is 12.1 Å². The SMILES string of the molecule is Cc1cc(NCC2CCCCN2C)nc(Nc2nc3cc(Cl)c(Cl)cc3[nH]2)n1. The second-order valence-electron chi connectivity index (χ2n) is 7.22. The number of H-pyrrole nitrogens is 1. The Labute approximate surface area is 173 Å². The number of rotatable bonds is 5. The van der Waals surface area contributed by atoms with Crippen LogP contribution in [0.3, 0.4) is 0 Å². The van der Waals surface area contributed by atoms with Crippen LogP contribution in [0.25, 0.3) is 11.0 Å². The smallest absolute Gasteiger partial charge is 0.231 e. The maximum absolute atomic E-state index is 6.07. The predicted octanol–water partition coefficient (Wildman–Crippen LogP) is 4.61. The number of aromatic amines is 1. The van der Waals surface area contributed by atoms with Crippen LogP contribution in [0.4, 0.5) is 17.7 Å². The largest absolute Gasteiger partial charge is 0.368 e. The number of benzene rings is 1. The number of aryl methyl sites for hydroxylation is 1. The molecule has 28 heavy (non-hydrogen) atoms. The Balaban J connectivity index is 1.49. The van der Waals surface area contributed by atoms with Crippen molar-refractivity contribution in [2.45, 2.75) is 32.2 Å². The minimum absolute atomic E-state index is 0.471. The second kappa shape index (κ2) is 8.11. The number of anilines is 3. The maximum Gasteiger partial charge on any atom is 0.231 e. The number of imidazole rings is 1. The molecule has 1 unspecified atom stereocenters. The summed E-state index contributed by atoms with van der Waals surface area (Å²) in [5, 5.41) is 7.54. The molecule has 1 aliphatic rings. The summed E-state index contributed by atoms with van der Waals surface area (Å²) in [6, 6.07) is 5.96. The molecule has 0 aliphatic carbocycles. The minimum Gasteiger partial charge on any atom is -0.368 e. The molecule has 3 N–H and O–H groups in total. The van der Waals surface area contributed by atoms with Gasteiger partial charge in [0.05, 0.1) is 21.1 Å². The number of piperidine rings is 1. The highest BCUT2D eigenvalue weighted by Crippen LogP contribution is 2.28. The van der Waals surface area contributed by atoms with Crippen LogP contribution in [0.2, 0.25) is 10.0 Å². The van der Waals surface area contributed by atoms with Gasteiger partial charge in [-0.1, -0.05) is 29.6 Å². The second-order valence-corrected chi connectivity index (χ2v) is 8.04. The van der Waals surface area contributed by atoms with E-state index in [0.717, 1.165) is 35.6 Å². The lowest BCUT2D eigenvalue weighted by molar-refractivity contribution is 0.194. The molecule has 0 radical (unpaired) electrons. The van der Waals surface area contributed by atoms with Crippen LogP contribution in [-0.2, 0) is 0 Å². The number of nitrogens with one attached hydrogen (secondary N) is 3. The van der Waals surface area contributed by atoms with Gasteiger partial charge >= 0.3 is 0 Å². The molecular weight excluding hydrogens is 397 g/mol. The average molecular weight is 420 g/mol. The molecule has 1 aromatic carbocycles. The standard InChI is InChI=1S/C19H23Cl2N7/c1-11-7-17(22-10-12-5-3-4-6-28(12)2)26-18(23-11)27-19-24-15-8-13(20)14(21)9-16(15)25-19/h7-9,12H,3-6,10H2,1-2H3,(H3,22,23,24,25,26,27). The lowest BCUT2D eigenvalue weighted by Gasteiger charge is -2.32. The van der Waals surface area contributed by atoms with Gasteiger partial charge in [-0.15, -0.1) is 0 Å². The summed E-state index contributed by atoms with van der Waals surface area (Å²) in [5.41, 5.74) is 2.39. The first-order valence-electron chi connectivity index (χ1n) is 9.39. The molecule has 4 rings (SSSR count). The lowest BCUT2D eigenvalue weighted by atomic mass is 10.0. The van der Waals surface area contributed by atoms with Crippen LogP contribution in [0.15, 0.2) is 18.2 Å². The monoisotopic (exact) mass is 419 g/mol. The maximum atomic E-state index is 6.07. The topological polar surface area (TPSA) is 81.8 Å². The average Bonchev–Trinajstić information content (AvgIpc) is 3.02. The van der Waals surface area contributed by atoms with E-state index >= 15 is 0 Å². The number of likely N-dealkylation sites (tertiary alicyclic amines) is 1. The van der Waals surface area contributed by atoms with Crippen LogP contribution >= 0.6 is 23.2 Å². The van der Waals surface area contributed by atoms with Crippen LogP contribution < -0.4 is 10.6 Å². The molecule has 148 valence electrons. The third kappa shape index (κ3) is 4.32. The van der Waals surface area contributed by atoms with Gasteiger partial charge in [-0.25, -0.2) is 9.97 Å². The van der Waals surface area contributed by atoms with Crippen molar-refractivity contribution in [2.75, 3.05) is 30.8 Å². The summed E-state index contributed by atoms with van der Waals surface area (Å²) < 4.78 is 0. The zero-order valence-electron chi connectivity index (χ0n) is 15.9. The van der Waals surface area contributed by atoms with E-state index in [0.29, 0.717) is 28.0 Å². The minimum atomic E-state index is 0.471. The van der Waals surface area contributed by atoms with Gasteiger partial charge in [0, 0.05) is 24.3 Å². The van der Waals surface area contributed by atoms with Crippen molar-refractivity contribution in [1.29, 1.82) is 0 Å². The van der Waals surface area contributed by atoms with E-state index in [1.165, 1.54) is 19.3 Å². The van der Waals surface area contributed by atoms with Crippen molar-refractivity contribution in [3.63, 3.8) is 0 Å². The van der Waals surface area contributed by atoms with Crippen LogP contribution in [0.5, 0.6) is 0 Å². The molecule has 3 aromatic rings. The van der Waals surface area contributed by atoms with Crippen molar-refractivity contribution in [2.24, 2.45) is 0 Å². The Morgan fingerprint density at radius 2 is 1.96 bits per heavy atom. The van der Waals surface area contributed by atoms with Crippen molar-refractivity contribution in [1.82, 2.24) is 24.8 Å². The number of hydrogen-bond acceptors (Lipinski definition) is 6. The summed E-state index contributed by atoms with van der Waals surface area (Å²) >= 11 is 12.1. The molecule has 1 saturated heterocycles. The van der Waals surface area contributed by atoms with Gasteiger partial charge in [0.1, 0.15) is 5.82 Å². The van der Waals surface area contributed by atoms with Gasteiger partial charge in [0.15, 0.2) is 0 Å². The molecule has 9 heteroatoms. The molecule has 1 aliphatic heterocycles. The van der Waals surface area contributed by atoms with Gasteiger partial charge in [-0.2, -0.15) is 4.98 Å². The van der Waals surface area contributed by atoms with Crippen molar-refractivity contribution in [3.8, 4) is 0 Å². The fourth-order valence-electron chi connectivity index (χ4n) is 3.51. The van der Waals surface area contributed by atoms with Gasteiger partial charge in [-0.3, -0.25) is 5.32 Å². The zero-order chi connectivity index (χ0) is 19.7.